The summed E-state index contributed by atoms with van der Waals surface area (Å²) >= 11 is 0. The lowest BCUT2D eigenvalue weighted by molar-refractivity contribution is -0.120. The molecule has 136 valence electrons. The van der Waals surface area contributed by atoms with Gasteiger partial charge in [0.1, 0.15) is 5.78 Å². The second-order valence-electron chi connectivity index (χ2n) is 7.60. The fraction of sp³-hybridized carbons (Fsp3) is 0.762. The minimum absolute atomic E-state index is 0.260. The molecule has 0 radical (unpaired) electrons. The molecule has 0 spiro atoms. The van der Waals surface area contributed by atoms with Crippen molar-refractivity contribution in [2.75, 3.05) is 0 Å². The first-order valence-electron chi connectivity index (χ1n) is 9.83. The third-order valence-electron chi connectivity index (χ3n) is 5.49. The summed E-state index contributed by atoms with van der Waals surface area (Å²) in [5.74, 6) is 1.48. The highest BCUT2D eigenvalue weighted by Gasteiger charge is 2.46. The number of hydrogen-bond donors (Lipinski definition) is 2. The summed E-state index contributed by atoms with van der Waals surface area (Å²) in [4.78, 5) is 12.0. The Bertz CT molecular complexity index is 440. The van der Waals surface area contributed by atoms with Gasteiger partial charge in [0, 0.05) is 12.8 Å². The molecule has 2 aliphatic rings. The molecule has 1 saturated carbocycles. The van der Waals surface area contributed by atoms with Crippen molar-refractivity contribution >= 4 is 5.78 Å². The number of aliphatic hydroxyl groups excluding tert-OH is 2. The van der Waals surface area contributed by atoms with Gasteiger partial charge in [-0.05, 0) is 49.9 Å². The summed E-state index contributed by atoms with van der Waals surface area (Å²) in [6.45, 7) is 2.15. The zero-order chi connectivity index (χ0) is 17.4. The molecule has 0 aromatic rings. The van der Waals surface area contributed by atoms with E-state index < -0.39 is 12.2 Å². The van der Waals surface area contributed by atoms with Crippen molar-refractivity contribution in [1.29, 1.82) is 0 Å². The Hall–Kier alpha value is -0.930. The molecule has 2 N–H and O–H groups in total. The summed E-state index contributed by atoms with van der Waals surface area (Å²) in [7, 11) is 0. The van der Waals surface area contributed by atoms with E-state index in [1.807, 2.05) is 0 Å². The first kappa shape index (κ1) is 19.4. The molecule has 0 aromatic carbocycles. The maximum absolute atomic E-state index is 12.0. The minimum atomic E-state index is -0.484. The van der Waals surface area contributed by atoms with Gasteiger partial charge in [-0.15, -0.1) is 0 Å². The molecule has 2 aliphatic carbocycles. The molecular weight excluding hydrogens is 300 g/mol. The molecule has 0 bridgehead atoms. The molecular formula is C21H34O3. The van der Waals surface area contributed by atoms with E-state index in [4.69, 9.17) is 0 Å². The largest absolute Gasteiger partial charge is 0.389 e. The number of allylic oxidation sites excluding steroid dienone is 2. The predicted octanol–water partition coefficient (Wildman–Crippen LogP) is 4.19. The van der Waals surface area contributed by atoms with Crippen molar-refractivity contribution in [3.05, 3.63) is 24.3 Å². The van der Waals surface area contributed by atoms with Gasteiger partial charge in [0.2, 0.25) is 0 Å². The van der Waals surface area contributed by atoms with Gasteiger partial charge >= 0.3 is 0 Å². The lowest BCUT2D eigenvalue weighted by Gasteiger charge is -2.15. The topological polar surface area (TPSA) is 57.5 Å². The van der Waals surface area contributed by atoms with Crippen LogP contribution in [0.15, 0.2) is 24.3 Å². The van der Waals surface area contributed by atoms with Crippen LogP contribution in [0.4, 0.5) is 0 Å². The predicted molar refractivity (Wildman–Crippen MR) is 97.6 cm³/mol. The van der Waals surface area contributed by atoms with Crippen LogP contribution >= 0.6 is 0 Å². The van der Waals surface area contributed by atoms with E-state index in [-0.39, 0.29) is 5.92 Å². The molecule has 3 heteroatoms. The van der Waals surface area contributed by atoms with Crippen molar-refractivity contribution < 1.29 is 15.0 Å². The van der Waals surface area contributed by atoms with Crippen molar-refractivity contribution in [3.8, 4) is 0 Å². The summed E-state index contributed by atoms with van der Waals surface area (Å²) in [6.07, 6.45) is 16.4. The molecule has 0 heterocycles. The second kappa shape index (κ2) is 10.1. The van der Waals surface area contributed by atoms with Crippen molar-refractivity contribution in [2.24, 2.45) is 17.8 Å². The first-order valence-corrected chi connectivity index (χ1v) is 9.83. The van der Waals surface area contributed by atoms with Gasteiger partial charge in [0.15, 0.2) is 0 Å². The van der Waals surface area contributed by atoms with Gasteiger partial charge in [0.25, 0.3) is 0 Å². The maximum atomic E-state index is 12.0. The van der Waals surface area contributed by atoms with Gasteiger partial charge in [-0.2, -0.15) is 0 Å². The molecule has 0 aromatic heterocycles. The molecule has 0 amide bonds. The first-order chi connectivity index (χ1) is 11.6. The number of aliphatic hydroxyl groups is 2. The number of rotatable bonds is 8. The van der Waals surface area contributed by atoms with Gasteiger partial charge in [-0.1, -0.05) is 50.5 Å². The highest BCUT2D eigenvalue weighted by atomic mass is 16.3. The average Bonchev–Trinajstić information content (AvgIpc) is 3.34. The molecule has 24 heavy (non-hydrogen) atoms. The second-order valence-corrected chi connectivity index (χ2v) is 7.60. The van der Waals surface area contributed by atoms with Gasteiger partial charge in [-0.3, -0.25) is 4.79 Å². The number of ketones is 1. The number of carbonyl (C=O) groups excluding carboxylic acids is 1. The van der Waals surface area contributed by atoms with Crippen LogP contribution in [0.1, 0.15) is 71.1 Å². The number of carbonyl (C=O) groups is 1. The van der Waals surface area contributed by atoms with Gasteiger partial charge in [-0.25, -0.2) is 0 Å². The SMILES string of the molecule is CCCCC[C@@H](O)/C=C/[C@@H](O)[C@@H]1C[C@H]1[C@@H]1C/C=C\CCCC(=O)C1. The standard InChI is InChI=1S/C21H34O3/c1-2-3-6-10-17(22)12-13-21(24)20-15-19(20)16-9-7-4-5-8-11-18(23)14-16/h4,7,12-13,16-17,19-22,24H,2-3,5-6,8-11,14-15H2,1H3/b7-4-,13-12+/t16-,17-,19+,20-,21-/m1/s1. The zero-order valence-corrected chi connectivity index (χ0v) is 15.1. The van der Waals surface area contributed by atoms with Crippen LogP contribution < -0.4 is 0 Å². The van der Waals surface area contributed by atoms with Crippen LogP contribution in [0, 0.1) is 17.8 Å². The average molecular weight is 335 g/mol. The fourth-order valence-electron chi connectivity index (χ4n) is 3.86. The Morgan fingerprint density at radius 2 is 2.08 bits per heavy atom. The van der Waals surface area contributed by atoms with Crippen LogP contribution in [-0.2, 0) is 4.79 Å². The normalized spacial score (nSPS) is 32.0. The number of unbranched alkanes of at least 4 members (excludes halogenated alkanes) is 2. The fourth-order valence-corrected chi connectivity index (χ4v) is 3.86. The van der Waals surface area contributed by atoms with Gasteiger partial charge in [0.05, 0.1) is 12.2 Å². The molecule has 0 aliphatic heterocycles. The van der Waals surface area contributed by atoms with E-state index in [2.05, 4.69) is 19.1 Å². The van der Waals surface area contributed by atoms with E-state index in [0.29, 0.717) is 30.5 Å². The van der Waals surface area contributed by atoms with E-state index in [1.165, 1.54) is 0 Å². The van der Waals surface area contributed by atoms with Crippen LogP contribution in [-0.4, -0.2) is 28.2 Å². The summed E-state index contributed by atoms with van der Waals surface area (Å²) in [5.41, 5.74) is 0. The van der Waals surface area contributed by atoms with Crippen molar-refractivity contribution in [3.63, 3.8) is 0 Å². The smallest absolute Gasteiger partial charge is 0.133 e. The van der Waals surface area contributed by atoms with Crippen LogP contribution in [0.25, 0.3) is 0 Å². The number of Topliss-reactive ketones (excluding diaryl/α,β-unsaturated/α-hetero) is 1. The Balaban J connectivity index is 1.78. The summed E-state index contributed by atoms with van der Waals surface area (Å²) < 4.78 is 0. The zero-order valence-electron chi connectivity index (χ0n) is 15.1. The lowest BCUT2D eigenvalue weighted by atomic mass is 9.91. The molecule has 0 unspecified atom stereocenters. The van der Waals surface area contributed by atoms with Crippen LogP contribution in [0.3, 0.4) is 0 Å². The van der Waals surface area contributed by atoms with E-state index >= 15 is 0 Å². The monoisotopic (exact) mass is 334 g/mol. The Labute approximate surface area is 146 Å². The third-order valence-corrected chi connectivity index (χ3v) is 5.49. The Morgan fingerprint density at radius 1 is 1.25 bits per heavy atom. The summed E-state index contributed by atoms with van der Waals surface area (Å²) in [6, 6.07) is 0. The van der Waals surface area contributed by atoms with Gasteiger partial charge < -0.3 is 10.2 Å². The van der Waals surface area contributed by atoms with E-state index in [0.717, 1.165) is 51.4 Å². The number of hydrogen-bond acceptors (Lipinski definition) is 3. The highest BCUT2D eigenvalue weighted by Crippen LogP contribution is 2.49. The highest BCUT2D eigenvalue weighted by molar-refractivity contribution is 5.78. The van der Waals surface area contributed by atoms with Crippen molar-refractivity contribution in [1.82, 2.24) is 0 Å². The Kier molecular flexibility index (Phi) is 8.20. The maximum Gasteiger partial charge on any atom is 0.133 e. The molecule has 0 saturated heterocycles. The Morgan fingerprint density at radius 3 is 2.88 bits per heavy atom. The van der Waals surface area contributed by atoms with E-state index in [1.54, 1.807) is 12.2 Å². The van der Waals surface area contributed by atoms with Crippen LogP contribution in [0.2, 0.25) is 0 Å². The van der Waals surface area contributed by atoms with Crippen molar-refractivity contribution in [2.45, 2.75) is 83.3 Å². The summed E-state index contributed by atoms with van der Waals surface area (Å²) in [5, 5.41) is 20.3. The minimum Gasteiger partial charge on any atom is -0.389 e. The lowest BCUT2D eigenvalue weighted by Crippen LogP contribution is -2.15. The molecule has 1 fully saturated rings. The molecule has 2 rings (SSSR count). The molecule has 5 atom stereocenters. The molecule has 3 nitrogen and oxygen atoms in total. The third kappa shape index (κ3) is 6.52. The van der Waals surface area contributed by atoms with Crippen LogP contribution in [0.5, 0.6) is 0 Å². The van der Waals surface area contributed by atoms with E-state index in [9.17, 15) is 15.0 Å². The quantitative estimate of drug-likeness (QED) is 0.517.